The fourth-order valence-electron chi connectivity index (χ4n) is 2.29. The van der Waals surface area contributed by atoms with Gasteiger partial charge in [-0.25, -0.2) is 0 Å². The molecule has 2 N–H and O–H groups in total. The fraction of sp³-hybridized carbons (Fsp3) is 0.750. The van der Waals surface area contributed by atoms with Crippen molar-refractivity contribution in [2.24, 2.45) is 23.7 Å². The summed E-state index contributed by atoms with van der Waals surface area (Å²) in [4.78, 5) is 45.8. The van der Waals surface area contributed by atoms with Crippen molar-refractivity contribution < 1.29 is 28.7 Å². The number of esters is 2. The van der Waals surface area contributed by atoms with Crippen LogP contribution in [0.3, 0.4) is 0 Å². The zero-order valence-electron chi connectivity index (χ0n) is 14.0. The maximum Gasteiger partial charge on any atom is 0.309 e. The molecule has 0 aromatic carbocycles. The van der Waals surface area contributed by atoms with Gasteiger partial charge in [0.15, 0.2) is 13.2 Å². The quantitative estimate of drug-likeness (QED) is 0.437. The minimum atomic E-state index is -0.417. The Bertz CT molecular complexity index is 475. The highest BCUT2D eigenvalue weighted by atomic mass is 16.5. The smallest absolute Gasteiger partial charge is 0.309 e. The predicted octanol–water partition coefficient (Wildman–Crippen LogP) is -0.383. The summed E-state index contributed by atoms with van der Waals surface area (Å²) < 4.78 is 9.76. The first-order valence-electron chi connectivity index (χ1n) is 8.25. The Morgan fingerprint density at radius 2 is 1.12 bits per heavy atom. The van der Waals surface area contributed by atoms with Gasteiger partial charge in [-0.2, -0.15) is 0 Å². The van der Waals surface area contributed by atoms with Crippen molar-refractivity contribution in [3.63, 3.8) is 0 Å². The molecule has 2 rings (SSSR count). The van der Waals surface area contributed by atoms with E-state index < -0.39 is 11.8 Å². The van der Waals surface area contributed by atoms with Crippen LogP contribution in [0, 0.1) is 23.7 Å². The Kier molecular flexibility index (Phi) is 6.16. The normalized spacial score (nSPS) is 26.9. The number of nitrogens with one attached hydrogen (secondary N) is 2. The Morgan fingerprint density at radius 1 is 0.792 bits per heavy atom. The Morgan fingerprint density at radius 3 is 1.42 bits per heavy atom. The first-order chi connectivity index (χ1) is 11.4. The molecule has 2 amide bonds. The molecule has 0 aromatic heterocycles. The van der Waals surface area contributed by atoms with Gasteiger partial charge >= 0.3 is 11.9 Å². The topological polar surface area (TPSA) is 111 Å². The molecule has 8 heteroatoms. The highest BCUT2D eigenvalue weighted by molar-refractivity contribution is 5.83. The van der Waals surface area contributed by atoms with E-state index in [4.69, 9.17) is 9.47 Å². The number of ether oxygens (including phenoxy) is 2. The Hall–Kier alpha value is -2.12. The number of carbonyl (C=O) groups is 4. The van der Waals surface area contributed by atoms with Crippen LogP contribution >= 0.6 is 0 Å². The lowest BCUT2D eigenvalue weighted by molar-refractivity contribution is -0.150. The van der Waals surface area contributed by atoms with E-state index in [9.17, 15) is 19.2 Å². The number of carbonyl (C=O) groups excluding carboxylic acids is 4. The molecule has 2 aliphatic rings. The van der Waals surface area contributed by atoms with Crippen molar-refractivity contribution in [1.82, 2.24) is 10.6 Å². The van der Waals surface area contributed by atoms with Gasteiger partial charge in [0.1, 0.15) is 0 Å². The minimum Gasteiger partial charge on any atom is -0.455 e. The lowest BCUT2D eigenvalue weighted by Gasteiger charge is -2.08. The average Bonchev–Trinajstić information content (AvgIpc) is 3.45. The highest BCUT2D eigenvalue weighted by Gasteiger charge is 2.41. The van der Waals surface area contributed by atoms with E-state index in [-0.39, 0.29) is 50.1 Å². The van der Waals surface area contributed by atoms with Crippen molar-refractivity contribution in [3.05, 3.63) is 0 Å². The van der Waals surface area contributed by atoms with E-state index in [1.54, 1.807) is 0 Å². The third-order valence-corrected chi connectivity index (χ3v) is 4.28. The van der Waals surface area contributed by atoms with Crippen LogP contribution < -0.4 is 10.6 Å². The molecule has 0 saturated heterocycles. The Labute approximate surface area is 140 Å². The van der Waals surface area contributed by atoms with Gasteiger partial charge in [0.05, 0.1) is 11.8 Å². The molecule has 0 unspecified atom stereocenters. The fourth-order valence-corrected chi connectivity index (χ4v) is 2.29. The molecule has 8 nitrogen and oxygen atoms in total. The van der Waals surface area contributed by atoms with E-state index in [1.165, 1.54) is 0 Å². The first kappa shape index (κ1) is 18.2. The maximum absolute atomic E-state index is 11.5. The summed E-state index contributed by atoms with van der Waals surface area (Å²) in [6, 6.07) is 0. The SMILES string of the molecule is C[C@@H]1C[C@@H]1C(=O)OCC(=O)NCCNC(=O)COC(=O)[C@@H]1C[C@@H]1C. The van der Waals surface area contributed by atoms with Crippen molar-refractivity contribution in [1.29, 1.82) is 0 Å². The number of hydrogen-bond donors (Lipinski definition) is 2. The van der Waals surface area contributed by atoms with Crippen LogP contribution in [0.25, 0.3) is 0 Å². The molecule has 0 heterocycles. The number of amides is 2. The summed E-state index contributed by atoms with van der Waals surface area (Å²) in [7, 11) is 0. The van der Waals surface area contributed by atoms with Crippen LogP contribution in [0.2, 0.25) is 0 Å². The predicted molar refractivity (Wildman–Crippen MR) is 82.5 cm³/mol. The molecule has 0 aliphatic heterocycles. The van der Waals surface area contributed by atoms with E-state index in [2.05, 4.69) is 10.6 Å². The van der Waals surface area contributed by atoms with Gasteiger partial charge in [0, 0.05) is 13.1 Å². The molecular formula is C16H24N2O6. The molecule has 4 atom stereocenters. The molecule has 0 aromatic rings. The van der Waals surface area contributed by atoms with Crippen LogP contribution in [0.5, 0.6) is 0 Å². The molecule has 24 heavy (non-hydrogen) atoms. The van der Waals surface area contributed by atoms with Gasteiger partial charge in [-0.05, 0) is 24.7 Å². The zero-order chi connectivity index (χ0) is 17.7. The molecule has 2 fully saturated rings. The van der Waals surface area contributed by atoms with Crippen molar-refractivity contribution in [3.8, 4) is 0 Å². The molecule has 0 radical (unpaired) electrons. The second-order valence-electron chi connectivity index (χ2n) is 6.55. The van der Waals surface area contributed by atoms with E-state index in [0.29, 0.717) is 11.8 Å². The third kappa shape index (κ3) is 5.82. The van der Waals surface area contributed by atoms with Crippen LogP contribution in [0.4, 0.5) is 0 Å². The standard InChI is InChI=1S/C16H24N2O6/c1-9-5-11(9)15(21)23-7-13(19)17-3-4-18-14(20)8-24-16(22)12-6-10(12)2/h9-12H,3-8H2,1-2H3,(H,17,19)(H,18,20)/t9-,10+,11+,12-. The third-order valence-electron chi connectivity index (χ3n) is 4.28. The minimum absolute atomic E-state index is 0.0709. The number of hydrogen-bond acceptors (Lipinski definition) is 6. The Balaban J connectivity index is 1.45. The number of rotatable bonds is 9. The van der Waals surface area contributed by atoms with Crippen LogP contribution in [-0.4, -0.2) is 50.1 Å². The van der Waals surface area contributed by atoms with Crippen molar-refractivity contribution >= 4 is 23.8 Å². The van der Waals surface area contributed by atoms with Crippen molar-refractivity contribution in [2.75, 3.05) is 26.3 Å². The molecular weight excluding hydrogens is 316 g/mol. The van der Waals surface area contributed by atoms with Crippen LogP contribution in [-0.2, 0) is 28.7 Å². The van der Waals surface area contributed by atoms with Gasteiger partial charge in [0.25, 0.3) is 11.8 Å². The summed E-state index contributed by atoms with van der Waals surface area (Å²) >= 11 is 0. The zero-order valence-corrected chi connectivity index (χ0v) is 14.0. The largest absolute Gasteiger partial charge is 0.455 e. The monoisotopic (exact) mass is 340 g/mol. The van der Waals surface area contributed by atoms with Gasteiger partial charge in [-0.1, -0.05) is 13.8 Å². The van der Waals surface area contributed by atoms with E-state index in [0.717, 1.165) is 12.8 Å². The molecule has 134 valence electrons. The van der Waals surface area contributed by atoms with Gasteiger partial charge in [-0.15, -0.1) is 0 Å². The van der Waals surface area contributed by atoms with E-state index in [1.807, 2.05) is 13.8 Å². The lowest BCUT2D eigenvalue weighted by atomic mass is 10.3. The summed E-state index contributed by atoms with van der Waals surface area (Å²) in [6.07, 6.45) is 1.63. The van der Waals surface area contributed by atoms with Gasteiger partial charge < -0.3 is 20.1 Å². The van der Waals surface area contributed by atoms with Crippen LogP contribution in [0.1, 0.15) is 26.7 Å². The van der Waals surface area contributed by atoms with Gasteiger partial charge in [0.2, 0.25) is 0 Å². The summed E-state index contributed by atoms with van der Waals surface area (Å²) in [5, 5.41) is 5.05. The first-order valence-corrected chi connectivity index (χ1v) is 8.25. The lowest BCUT2D eigenvalue weighted by Crippen LogP contribution is -2.38. The molecule has 2 saturated carbocycles. The highest BCUT2D eigenvalue weighted by Crippen LogP contribution is 2.39. The second kappa shape index (κ2) is 8.12. The van der Waals surface area contributed by atoms with Crippen LogP contribution in [0.15, 0.2) is 0 Å². The second-order valence-corrected chi connectivity index (χ2v) is 6.55. The van der Waals surface area contributed by atoms with Gasteiger partial charge in [-0.3, -0.25) is 19.2 Å². The summed E-state index contributed by atoms with van der Waals surface area (Å²) in [6.45, 7) is 3.69. The van der Waals surface area contributed by atoms with E-state index >= 15 is 0 Å². The average molecular weight is 340 g/mol. The molecule has 0 bridgehead atoms. The molecule has 2 aliphatic carbocycles. The summed E-state index contributed by atoms with van der Waals surface area (Å²) in [5.41, 5.74) is 0. The summed E-state index contributed by atoms with van der Waals surface area (Å²) in [5.74, 6) is -0.964. The molecule has 0 spiro atoms. The van der Waals surface area contributed by atoms with Crippen molar-refractivity contribution in [2.45, 2.75) is 26.7 Å². The maximum atomic E-state index is 11.5.